The maximum atomic E-state index is 4.68. The molecule has 0 amide bonds. The van der Waals surface area contributed by atoms with Gasteiger partial charge in [-0.25, -0.2) is 9.50 Å². The van der Waals surface area contributed by atoms with Crippen molar-refractivity contribution in [2.75, 3.05) is 5.32 Å². The number of fused-ring (bicyclic) bond motifs is 1. The Morgan fingerprint density at radius 2 is 2.10 bits per heavy atom. The molecule has 1 saturated carbocycles. The second-order valence-corrected chi connectivity index (χ2v) is 6.42. The normalized spacial score (nSPS) is 16.4. The van der Waals surface area contributed by atoms with Crippen molar-refractivity contribution in [1.29, 1.82) is 0 Å². The minimum Gasteiger partial charge on any atom is -0.357 e. The fourth-order valence-corrected chi connectivity index (χ4v) is 3.74. The van der Waals surface area contributed by atoms with Gasteiger partial charge in [0.2, 0.25) is 10.1 Å². The van der Waals surface area contributed by atoms with Gasteiger partial charge in [0, 0.05) is 24.0 Å². The van der Waals surface area contributed by atoms with Crippen molar-refractivity contribution in [3.8, 4) is 11.3 Å². The first-order valence-electron chi connectivity index (χ1n) is 7.42. The Kier molecular flexibility index (Phi) is 3.31. The van der Waals surface area contributed by atoms with Gasteiger partial charge in [-0.1, -0.05) is 30.6 Å². The zero-order valence-corrected chi connectivity index (χ0v) is 12.5. The van der Waals surface area contributed by atoms with Crippen LogP contribution in [0.15, 0.2) is 30.7 Å². The Morgan fingerprint density at radius 3 is 2.90 bits per heavy atom. The molecule has 0 aromatic carbocycles. The van der Waals surface area contributed by atoms with Gasteiger partial charge in [-0.3, -0.25) is 4.98 Å². The number of pyridine rings is 1. The van der Waals surface area contributed by atoms with Gasteiger partial charge in [-0.2, -0.15) is 0 Å². The van der Waals surface area contributed by atoms with Crippen LogP contribution in [0.3, 0.4) is 0 Å². The third-order valence-electron chi connectivity index (χ3n) is 3.98. The van der Waals surface area contributed by atoms with E-state index in [1.54, 1.807) is 17.5 Å². The monoisotopic (exact) mass is 299 g/mol. The van der Waals surface area contributed by atoms with E-state index in [-0.39, 0.29) is 0 Å². The van der Waals surface area contributed by atoms with Gasteiger partial charge in [0.25, 0.3) is 0 Å². The first-order chi connectivity index (χ1) is 10.4. The fraction of sp³-hybridized carbons (Fsp3) is 0.400. The van der Waals surface area contributed by atoms with Gasteiger partial charge in [0.1, 0.15) is 0 Å². The molecule has 6 heteroatoms. The summed E-state index contributed by atoms with van der Waals surface area (Å²) < 4.78 is 1.91. The van der Waals surface area contributed by atoms with Crippen LogP contribution >= 0.6 is 11.3 Å². The van der Waals surface area contributed by atoms with Crippen molar-refractivity contribution in [2.24, 2.45) is 0 Å². The van der Waals surface area contributed by atoms with Crippen LogP contribution in [0.2, 0.25) is 0 Å². The molecular weight excluding hydrogens is 282 g/mol. The molecule has 0 saturated heterocycles. The number of hydrogen-bond donors (Lipinski definition) is 1. The minimum atomic E-state index is 0.566. The fourth-order valence-electron chi connectivity index (χ4n) is 2.88. The molecule has 1 aliphatic rings. The van der Waals surface area contributed by atoms with Crippen LogP contribution in [0, 0.1) is 0 Å². The summed E-state index contributed by atoms with van der Waals surface area (Å²) in [7, 11) is 0. The molecule has 0 atom stereocenters. The standard InChI is InChI=1S/C15H17N5S/c1-2-6-12(7-3-1)18-14-19-20-13(10-17-15(20)21-14)11-5-4-8-16-9-11/h4-5,8-10,12H,1-3,6-7H2,(H,18,19). The lowest BCUT2D eigenvalue weighted by molar-refractivity contribution is 0.462. The number of anilines is 1. The van der Waals surface area contributed by atoms with E-state index >= 15 is 0 Å². The lowest BCUT2D eigenvalue weighted by Gasteiger charge is -2.21. The summed E-state index contributed by atoms with van der Waals surface area (Å²) in [4.78, 5) is 9.55. The molecule has 0 spiro atoms. The molecule has 0 radical (unpaired) electrons. The Morgan fingerprint density at radius 1 is 1.19 bits per heavy atom. The highest BCUT2D eigenvalue weighted by Gasteiger charge is 2.16. The number of aromatic nitrogens is 4. The smallest absolute Gasteiger partial charge is 0.214 e. The molecule has 3 heterocycles. The quantitative estimate of drug-likeness (QED) is 0.803. The number of rotatable bonds is 3. The van der Waals surface area contributed by atoms with Gasteiger partial charge in [0.15, 0.2) is 0 Å². The van der Waals surface area contributed by atoms with E-state index in [1.165, 1.54) is 32.1 Å². The van der Waals surface area contributed by atoms with Crippen molar-refractivity contribution in [3.63, 3.8) is 0 Å². The summed E-state index contributed by atoms with van der Waals surface area (Å²) in [5.41, 5.74) is 2.03. The summed E-state index contributed by atoms with van der Waals surface area (Å²) in [6.07, 6.45) is 12.0. The van der Waals surface area contributed by atoms with E-state index in [0.29, 0.717) is 6.04 Å². The van der Waals surface area contributed by atoms with Crippen LogP contribution in [0.5, 0.6) is 0 Å². The minimum absolute atomic E-state index is 0.566. The Labute approximate surface area is 127 Å². The zero-order valence-electron chi connectivity index (χ0n) is 11.7. The topological polar surface area (TPSA) is 55.1 Å². The van der Waals surface area contributed by atoms with Crippen LogP contribution in [0.1, 0.15) is 32.1 Å². The average molecular weight is 299 g/mol. The number of hydrogen-bond acceptors (Lipinski definition) is 5. The van der Waals surface area contributed by atoms with Crippen molar-refractivity contribution in [2.45, 2.75) is 38.1 Å². The molecule has 3 aromatic heterocycles. The lowest BCUT2D eigenvalue weighted by Crippen LogP contribution is -2.22. The molecule has 108 valence electrons. The molecule has 3 aromatic rings. The summed E-state index contributed by atoms with van der Waals surface area (Å²) >= 11 is 1.62. The van der Waals surface area contributed by atoms with E-state index in [9.17, 15) is 0 Å². The SMILES string of the molecule is c1cncc(-c2cnc3sc(NC4CCCCC4)nn23)c1. The molecule has 0 bridgehead atoms. The van der Waals surface area contributed by atoms with Crippen LogP contribution < -0.4 is 5.32 Å². The molecule has 1 fully saturated rings. The van der Waals surface area contributed by atoms with Crippen molar-refractivity contribution in [3.05, 3.63) is 30.7 Å². The van der Waals surface area contributed by atoms with Crippen molar-refractivity contribution < 1.29 is 0 Å². The predicted molar refractivity (Wildman–Crippen MR) is 84.6 cm³/mol. The highest BCUT2D eigenvalue weighted by atomic mass is 32.1. The molecule has 21 heavy (non-hydrogen) atoms. The first-order valence-corrected chi connectivity index (χ1v) is 8.23. The van der Waals surface area contributed by atoms with Gasteiger partial charge in [-0.05, 0) is 25.0 Å². The second-order valence-electron chi connectivity index (χ2n) is 5.47. The summed E-state index contributed by atoms with van der Waals surface area (Å²) in [5, 5.41) is 9.21. The predicted octanol–water partition coefficient (Wildman–Crippen LogP) is 3.60. The van der Waals surface area contributed by atoms with Crippen LogP contribution in [0.4, 0.5) is 5.13 Å². The van der Waals surface area contributed by atoms with Gasteiger partial charge >= 0.3 is 0 Å². The maximum Gasteiger partial charge on any atom is 0.214 e. The van der Waals surface area contributed by atoms with Gasteiger partial charge < -0.3 is 5.32 Å². The molecule has 0 aliphatic heterocycles. The maximum absolute atomic E-state index is 4.68. The van der Waals surface area contributed by atoms with Crippen molar-refractivity contribution in [1.82, 2.24) is 19.6 Å². The van der Waals surface area contributed by atoms with E-state index in [4.69, 9.17) is 0 Å². The van der Waals surface area contributed by atoms with Crippen LogP contribution in [-0.2, 0) is 0 Å². The molecule has 5 nitrogen and oxygen atoms in total. The molecule has 4 rings (SSSR count). The highest BCUT2D eigenvalue weighted by molar-refractivity contribution is 7.20. The summed E-state index contributed by atoms with van der Waals surface area (Å²) in [6, 6.07) is 4.53. The summed E-state index contributed by atoms with van der Waals surface area (Å²) in [6.45, 7) is 0. The second kappa shape index (κ2) is 5.44. The van der Waals surface area contributed by atoms with E-state index in [0.717, 1.165) is 21.3 Å². The third-order valence-corrected chi connectivity index (χ3v) is 4.83. The Balaban J connectivity index is 1.63. The largest absolute Gasteiger partial charge is 0.357 e. The zero-order chi connectivity index (χ0) is 14.1. The Bertz CT molecular complexity index is 727. The number of nitrogens with one attached hydrogen (secondary N) is 1. The first kappa shape index (κ1) is 12.8. The van der Waals surface area contributed by atoms with Crippen LogP contribution in [-0.4, -0.2) is 25.6 Å². The van der Waals surface area contributed by atoms with Gasteiger partial charge in [0.05, 0.1) is 11.9 Å². The van der Waals surface area contributed by atoms with Crippen LogP contribution in [0.25, 0.3) is 16.2 Å². The third kappa shape index (κ3) is 2.51. The highest BCUT2D eigenvalue weighted by Crippen LogP contribution is 2.28. The van der Waals surface area contributed by atoms with E-state index in [1.807, 2.05) is 29.0 Å². The van der Waals surface area contributed by atoms with E-state index < -0.39 is 0 Å². The summed E-state index contributed by atoms with van der Waals surface area (Å²) in [5.74, 6) is 0. The van der Waals surface area contributed by atoms with Gasteiger partial charge in [-0.15, -0.1) is 5.10 Å². The number of imidazole rings is 1. The Hall–Kier alpha value is -1.95. The number of nitrogens with zero attached hydrogens (tertiary/aromatic N) is 4. The molecule has 1 N–H and O–H groups in total. The molecular formula is C15H17N5S. The molecule has 1 aliphatic carbocycles. The lowest BCUT2D eigenvalue weighted by atomic mass is 9.96. The van der Waals surface area contributed by atoms with Crippen molar-refractivity contribution >= 4 is 21.4 Å². The molecule has 0 unspecified atom stereocenters. The average Bonchev–Trinajstić information content (AvgIpc) is 3.09. The van der Waals surface area contributed by atoms with E-state index in [2.05, 4.69) is 20.4 Å².